The van der Waals surface area contributed by atoms with E-state index in [4.69, 9.17) is 11.6 Å². The highest BCUT2D eigenvalue weighted by molar-refractivity contribution is 6.31. The van der Waals surface area contributed by atoms with E-state index in [-0.39, 0.29) is 12.2 Å². The molecule has 2 N–H and O–H groups in total. The van der Waals surface area contributed by atoms with Gasteiger partial charge in [-0.3, -0.25) is 4.79 Å². The monoisotopic (exact) mass is 351 g/mol. The number of nitrogens with zero attached hydrogens (tertiary/aromatic N) is 1. The molecule has 128 valence electrons. The molecular formula is C14H17ClF3N3O2. The molecule has 0 aliphatic heterocycles. The largest absolute Gasteiger partial charge is 0.417 e. The third kappa shape index (κ3) is 5.63. The molecule has 0 aromatic heterocycles. The maximum Gasteiger partial charge on any atom is 0.417 e. The Bertz CT molecular complexity index is 575. The number of halogens is 4. The highest BCUT2D eigenvalue weighted by Crippen LogP contribution is 2.36. The van der Waals surface area contributed by atoms with Crippen molar-refractivity contribution in [1.82, 2.24) is 10.2 Å². The van der Waals surface area contributed by atoms with Gasteiger partial charge in [-0.15, -0.1) is 0 Å². The number of carbonyl (C=O) groups is 2. The summed E-state index contributed by atoms with van der Waals surface area (Å²) >= 11 is 5.49. The maximum absolute atomic E-state index is 12.7. The first-order chi connectivity index (χ1) is 10.7. The van der Waals surface area contributed by atoms with Gasteiger partial charge >= 0.3 is 12.2 Å². The molecule has 0 aliphatic rings. The Labute approximate surface area is 136 Å². The Morgan fingerprint density at radius 1 is 1.22 bits per heavy atom. The van der Waals surface area contributed by atoms with Crippen molar-refractivity contribution in [3.8, 4) is 0 Å². The van der Waals surface area contributed by atoms with Crippen molar-refractivity contribution in [2.45, 2.75) is 20.0 Å². The molecule has 0 atom stereocenters. The van der Waals surface area contributed by atoms with E-state index in [0.29, 0.717) is 13.1 Å². The first-order valence-electron chi connectivity index (χ1n) is 6.88. The highest BCUT2D eigenvalue weighted by atomic mass is 35.5. The van der Waals surface area contributed by atoms with Gasteiger partial charge in [-0.25, -0.2) is 4.79 Å². The minimum Gasteiger partial charge on any atom is -0.329 e. The molecule has 0 fully saturated rings. The van der Waals surface area contributed by atoms with Gasteiger partial charge in [-0.2, -0.15) is 13.2 Å². The summed E-state index contributed by atoms with van der Waals surface area (Å²) < 4.78 is 38.2. The predicted molar refractivity (Wildman–Crippen MR) is 81.4 cm³/mol. The molecule has 0 radical (unpaired) electrons. The lowest BCUT2D eigenvalue weighted by molar-refractivity contribution is -0.137. The van der Waals surface area contributed by atoms with Gasteiger partial charge in [0.2, 0.25) is 5.91 Å². The molecule has 0 aliphatic carbocycles. The summed E-state index contributed by atoms with van der Waals surface area (Å²) in [5.74, 6) is -0.638. The SMILES string of the molecule is CCN(CC)C(=O)NCC(=O)Nc1ccc(Cl)c(C(F)(F)F)c1. The number of amides is 3. The van der Waals surface area contributed by atoms with Crippen LogP contribution in [-0.4, -0.2) is 36.5 Å². The second kappa shape index (κ2) is 8.05. The average Bonchev–Trinajstić information content (AvgIpc) is 2.47. The minimum absolute atomic E-state index is 0.0520. The number of benzene rings is 1. The van der Waals surface area contributed by atoms with E-state index in [1.165, 1.54) is 11.0 Å². The Morgan fingerprint density at radius 3 is 2.35 bits per heavy atom. The Kier molecular flexibility index (Phi) is 6.68. The standard InChI is InChI=1S/C14H17ClF3N3O2/c1-3-21(4-2)13(23)19-8-12(22)20-9-5-6-11(15)10(7-9)14(16,17)18/h5-7H,3-4,8H2,1-2H3,(H,19,23)(H,20,22). The molecule has 0 bridgehead atoms. The van der Waals surface area contributed by atoms with Crippen LogP contribution in [0, 0.1) is 0 Å². The van der Waals surface area contributed by atoms with Crippen LogP contribution in [0.25, 0.3) is 0 Å². The molecule has 1 rings (SSSR count). The summed E-state index contributed by atoms with van der Waals surface area (Å²) in [5.41, 5.74) is -1.09. The van der Waals surface area contributed by atoms with Crippen molar-refractivity contribution in [3.05, 3.63) is 28.8 Å². The molecule has 0 unspecified atom stereocenters. The zero-order chi connectivity index (χ0) is 17.6. The Hall–Kier alpha value is -1.96. The molecule has 0 spiro atoms. The zero-order valence-electron chi connectivity index (χ0n) is 12.6. The van der Waals surface area contributed by atoms with E-state index < -0.39 is 28.7 Å². The van der Waals surface area contributed by atoms with E-state index in [1.54, 1.807) is 13.8 Å². The number of hydrogen-bond donors (Lipinski definition) is 2. The highest BCUT2D eigenvalue weighted by Gasteiger charge is 2.33. The van der Waals surface area contributed by atoms with Gasteiger partial charge in [0.05, 0.1) is 17.1 Å². The summed E-state index contributed by atoms with van der Waals surface area (Å²) in [6.07, 6.45) is -4.62. The van der Waals surface area contributed by atoms with Crippen LogP contribution in [0.5, 0.6) is 0 Å². The molecule has 5 nitrogen and oxygen atoms in total. The number of nitrogens with one attached hydrogen (secondary N) is 2. The normalized spacial score (nSPS) is 11.0. The smallest absolute Gasteiger partial charge is 0.329 e. The lowest BCUT2D eigenvalue weighted by Gasteiger charge is -2.19. The third-order valence-corrected chi connectivity index (χ3v) is 3.34. The quantitative estimate of drug-likeness (QED) is 0.854. The van der Waals surface area contributed by atoms with E-state index in [2.05, 4.69) is 10.6 Å². The van der Waals surface area contributed by atoms with Crippen molar-refractivity contribution in [2.75, 3.05) is 25.0 Å². The summed E-state index contributed by atoms with van der Waals surface area (Å²) in [6.45, 7) is 4.19. The molecular weight excluding hydrogens is 335 g/mol. The van der Waals surface area contributed by atoms with Crippen LogP contribution in [0.1, 0.15) is 19.4 Å². The van der Waals surface area contributed by atoms with Crippen molar-refractivity contribution >= 4 is 29.2 Å². The van der Waals surface area contributed by atoms with Crippen LogP contribution in [-0.2, 0) is 11.0 Å². The van der Waals surface area contributed by atoms with E-state index in [9.17, 15) is 22.8 Å². The maximum atomic E-state index is 12.7. The molecule has 0 heterocycles. The van der Waals surface area contributed by atoms with Crippen LogP contribution in [0.3, 0.4) is 0 Å². The van der Waals surface area contributed by atoms with Crippen LogP contribution < -0.4 is 10.6 Å². The number of anilines is 1. The van der Waals surface area contributed by atoms with Gasteiger partial charge in [0.25, 0.3) is 0 Å². The minimum atomic E-state index is -4.62. The van der Waals surface area contributed by atoms with Gasteiger partial charge in [0.1, 0.15) is 0 Å². The first kappa shape index (κ1) is 19.1. The van der Waals surface area contributed by atoms with Gasteiger partial charge in [0.15, 0.2) is 0 Å². The predicted octanol–water partition coefficient (Wildman–Crippen LogP) is 3.35. The van der Waals surface area contributed by atoms with Crippen molar-refractivity contribution in [1.29, 1.82) is 0 Å². The molecule has 23 heavy (non-hydrogen) atoms. The van der Waals surface area contributed by atoms with Crippen molar-refractivity contribution in [2.24, 2.45) is 0 Å². The van der Waals surface area contributed by atoms with Crippen molar-refractivity contribution < 1.29 is 22.8 Å². The third-order valence-electron chi connectivity index (χ3n) is 3.01. The van der Waals surface area contributed by atoms with Crippen LogP contribution in [0.15, 0.2) is 18.2 Å². The number of rotatable bonds is 5. The van der Waals surface area contributed by atoms with Crippen LogP contribution in [0.2, 0.25) is 5.02 Å². The first-order valence-corrected chi connectivity index (χ1v) is 7.26. The zero-order valence-corrected chi connectivity index (χ0v) is 13.4. The summed E-state index contributed by atoms with van der Waals surface area (Å²) in [5, 5.41) is 4.22. The van der Waals surface area contributed by atoms with Crippen LogP contribution >= 0.6 is 11.6 Å². The summed E-state index contributed by atoms with van der Waals surface area (Å²) in [7, 11) is 0. The summed E-state index contributed by atoms with van der Waals surface area (Å²) in [6, 6.07) is 2.63. The number of alkyl halides is 3. The lowest BCUT2D eigenvalue weighted by atomic mass is 10.2. The number of carbonyl (C=O) groups excluding carboxylic acids is 2. The van der Waals surface area contributed by atoms with E-state index in [0.717, 1.165) is 12.1 Å². The fourth-order valence-corrected chi connectivity index (χ4v) is 2.03. The Balaban J connectivity index is 2.67. The van der Waals surface area contributed by atoms with Gasteiger partial charge in [0, 0.05) is 18.8 Å². The second-order valence-corrected chi connectivity index (χ2v) is 4.98. The molecule has 3 amide bonds. The lowest BCUT2D eigenvalue weighted by Crippen LogP contribution is -2.42. The van der Waals surface area contributed by atoms with Crippen LogP contribution in [0.4, 0.5) is 23.7 Å². The average molecular weight is 352 g/mol. The fourth-order valence-electron chi connectivity index (χ4n) is 1.80. The van der Waals surface area contributed by atoms with E-state index in [1.807, 2.05) is 0 Å². The topological polar surface area (TPSA) is 61.4 Å². The van der Waals surface area contributed by atoms with E-state index >= 15 is 0 Å². The Morgan fingerprint density at radius 2 is 1.83 bits per heavy atom. The number of hydrogen-bond acceptors (Lipinski definition) is 2. The molecule has 0 saturated heterocycles. The van der Waals surface area contributed by atoms with Gasteiger partial charge in [-0.05, 0) is 32.0 Å². The number of urea groups is 1. The fraction of sp³-hybridized carbons (Fsp3) is 0.429. The summed E-state index contributed by atoms with van der Waals surface area (Å²) in [4.78, 5) is 24.8. The molecule has 1 aromatic carbocycles. The molecule has 1 aromatic rings. The van der Waals surface area contributed by atoms with Gasteiger partial charge < -0.3 is 15.5 Å². The second-order valence-electron chi connectivity index (χ2n) is 4.57. The molecule has 9 heteroatoms. The molecule has 0 saturated carbocycles. The van der Waals surface area contributed by atoms with Crippen molar-refractivity contribution in [3.63, 3.8) is 0 Å². The van der Waals surface area contributed by atoms with Gasteiger partial charge in [-0.1, -0.05) is 11.6 Å².